The predicted molar refractivity (Wildman–Crippen MR) is 79.6 cm³/mol. The number of rotatable bonds is 4. The zero-order chi connectivity index (χ0) is 13.8. The van der Waals surface area contributed by atoms with Gasteiger partial charge in [-0.05, 0) is 37.0 Å². The number of primary amides is 1. The fourth-order valence-electron chi connectivity index (χ4n) is 2.90. The third-order valence-electron chi connectivity index (χ3n) is 4.02. The van der Waals surface area contributed by atoms with Crippen molar-refractivity contribution in [3.8, 4) is 0 Å². The molecule has 3 nitrogen and oxygen atoms in total. The topological polar surface area (TPSA) is 55.1 Å². The second kappa shape index (κ2) is 6.29. The SMILES string of the molecule is CCC1CCCCC1Nc1ccc(Cl)c(C(N)=O)c1. The van der Waals surface area contributed by atoms with Crippen molar-refractivity contribution in [1.29, 1.82) is 0 Å². The Morgan fingerprint density at radius 2 is 2.16 bits per heavy atom. The molecule has 2 rings (SSSR count). The molecule has 1 saturated carbocycles. The summed E-state index contributed by atoms with van der Waals surface area (Å²) < 4.78 is 0. The van der Waals surface area contributed by atoms with Gasteiger partial charge in [-0.3, -0.25) is 4.79 Å². The van der Waals surface area contributed by atoms with Gasteiger partial charge < -0.3 is 11.1 Å². The summed E-state index contributed by atoms with van der Waals surface area (Å²) in [6.07, 6.45) is 6.25. The highest BCUT2D eigenvalue weighted by Gasteiger charge is 2.23. The number of benzene rings is 1. The molecule has 2 unspecified atom stereocenters. The van der Waals surface area contributed by atoms with Crippen LogP contribution in [0.5, 0.6) is 0 Å². The second-order valence-electron chi connectivity index (χ2n) is 5.26. The molecular formula is C15H21ClN2O. The second-order valence-corrected chi connectivity index (χ2v) is 5.67. The zero-order valence-electron chi connectivity index (χ0n) is 11.3. The van der Waals surface area contributed by atoms with Crippen molar-refractivity contribution >= 4 is 23.2 Å². The van der Waals surface area contributed by atoms with Gasteiger partial charge in [0.2, 0.25) is 5.91 Å². The predicted octanol–water partition coefficient (Wildman–Crippen LogP) is 3.82. The summed E-state index contributed by atoms with van der Waals surface area (Å²) in [5.41, 5.74) is 6.64. The van der Waals surface area contributed by atoms with Crippen molar-refractivity contribution < 1.29 is 4.79 Å². The van der Waals surface area contributed by atoms with Crippen LogP contribution in [-0.4, -0.2) is 11.9 Å². The first-order valence-corrected chi connectivity index (χ1v) is 7.35. The number of amides is 1. The Bertz CT molecular complexity index is 461. The lowest BCUT2D eigenvalue weighted by Crippen LogP contribution is -2.31. The maximum absolute atomic E-state index is 11.3. The number of carbonyl (C=O) groups is 1. The highest BCUT2D eigenvalue weighted by molar-refractivity contribution is 6.33. The van der Waals surface area contributed by atoms with Gasteiger partial charge in [0, 0.05) is 11.7 Å². The van der Waals surface area contributed by atoms with E-state index in [-0.39, 0.29) is 0 Å². The highest BCUT2D eigenvalue weighted by atomic mass is 35.5. The van der Waals surface area contributed by atoms with Gasteiger partial charge in [0.1, 0.15) is 0 Å². The maximum Gasteiger partial charge on any atom is 0.250 e. The molecule has 0 spiro atoms. The van der Waals surface area contributed by atoms with Crippen molar-refractivity contribution in [2.75, 3.05) is 5.32 Å². The van der Waals surface area contributed by atoms with Crippen LogP contribution >= 0.6 is 11.6 Å². The van der Waals surface area contributed by atoms with E-state index in [2.05, 4.69) is 12.2 Å². The number of halogens is 1. The summed E-state index contributed by atoms with van der Waals surface area (Å²) in [6.45, 7) is 2.24. The van der Waals surface area contributed by atoms with Gasteiger partial charge in [0.15, 0.2) is 0 Å². The average molecular weight is 281 g/mol. The number of carbonyl (C=O) groups excluding carboxylic acids is 1. The molecule has 1 fully saturated rings. The Labute approximate surface area is 119 Å². The summed E-state index contributed by atoms with van der Waals surface area (Å²) in [5.74, 6) is 0.228. The van der Waals surface area contributed by atoms with Gasteiger partial charge in [-0.2, -0.15) is 0 Å². The van der Waals surface area contributed by atoms with Crippen molar-refractivity contribution in [3.05, 3.63) is 28.8 Å². The molecule has 1 aliphatic rings. The first kappa shape index (κ1) is 14.2. The number of nitrogens with one attached hydrogen (secondary N) is 1. The van der Waals surface area contributed by atoms with Crippen LogP contribution in [0.25, 0.3) is 0 Å². The fourth-order valence-corrected chi connectivity index (χ4v) is 3.11. The quantitative estimate of drug-likeness (QED) is 0.881. The van der Waals surface area contributed by atoms with Crippen LogP contribution in [0.2, 0.25) is 5.02 Å². The molecule has 0 saturated heterocycles. The van der Waals surface area contributed by atoms with E-state index in [9.17, 15) is 4.79 Å². The number of nitrogens with two attached hydrogens (primary N) is 1. The van der Waals surface area contributed by atoms with Gasteiger partial charge in [0.25, 0.3) is 0 Å². The van der Waals surface area contributed by atoms with Crippen molar-refractivity contribution in [3.63, 3.8) is 0 Å². The molecule has 0 aromatic heterocycles. The Kier molecular flexibility index (Phi) is 4.70. The lowest BCUT2D eigenvalue weighted by atomic mass is 9.83. The Balaban J connectivity index is 2.14. The molecule has 0 radical (unpaired) electrons. The monoisotopic (exact) mass is 280 g/mol. The van der Waals surface area contributed by atoms with Crippen LogP contribution in [-0.2, 0) is 0 Å². The highest BCUT2D eigenvalue weighted by Crippen LogP contribution is 2.30. The first-order chi connectivity index (χ1) is 9.11. The van der Waals surface area contributed by atoms with Crippen LogP contribution in [0, 0.1) is 5.92 Å². The molecule has 0 bridgehead atoms. The van der Waals surface area contributed by atoms with Gasteiger partial charge in [-0.25, -0.2) is 0 Å². The minimum absolute atomic E-state index is 0.385. The number of hydrogen-bond donors (Lipinski definition) is 2. The van der Waals surface area contributed by atoms with Gasteiger partial charge in [-0.1, -0.05) is 37.8 Å². The van der Waals surface area contributed by atoms with E-state index >= 15 is 0 Å². The third-order valence-corrected chi connectivity index (χ3v) is 4.35. The lowest BCUT2D eigenvalue weighted by molar-refractivity contribution is 0.100. The van der Waals surface area contributed by atoms with Crippen LogP contribution in [0.4, 0.5) is 5.69 Å². The van der Waals surface area contributed by atoms with E-state index in [0.29, 0.717) is 22.5 Å². The van der Waals surface area contributed by atoms with Crippen molar-refractivity contribution in [2.45, 2.75) is 45.1 Å². The van der Waals surface area contributed by atoms with E-state index in [0.717, 1.165) is 5.69 Å². The minimum atomic E-state index is -0.482. The largest absolute Gasteiger partial charge is 0.382 e. The molecule has 104 valence electrons. The molecule has 2 atom stereocenters. The molecule has 1 aliphatic carbocycles. The summed E-state index contributed by atoms with van der Waals surface area (Å²) in [4.78, 5) is 11.3. The molecule has 0 aliphatic heterocycles. The van der Waals surface area contributed by atoms with Crippen LogP contribution in [0.1, 0.15) is 49.4 Å². The van der Waals surface area contributed by atoms with E-state index in [1.54, 1.807) is 12.1 Å². The molecule has 3 N–H and O–H groups in total. The van der Waals surface area contributed by atoms with Gasteiger partial charge >= 0.3 is 0 Å². The lowest BCUT2D eigenvalue weighted by Gasteiger charge is -2.32. The molecule has 4 heteroatoms. The van der Waals surface area contributed by atoms with E-state index < -0.39 is 5.91 Å². The van der Waals surface area contributed by atoms with Crippen molar-refractivity contribution in [2.24, 2.45) is 11.7 Å². The molecule has 19 heavy (non-hydrogen) atoms. The Hall–Kier alpha value is -1.22. The number of anilines is 1. The average Bonchev–Trinajstić information content (AvgIpc) is 2.41. The molecular weight excluding hydrogens is 260 g/mol. The van der Waals surface area contributed by atoms with Crippen LogP contribution in [0.15, 0.2) is 18.2 Å². The summed E-state index contributed by atoms with van der Waals surface area (Å²) in [7, 11) is 0. The summed E-state index contributed by atoms with van der Waals surface area (Å²) in [6, 6.07) is 5.89. The number of hydrogen-bond acceptors (Lipinski definition) is 2. The van der Waals surface area contributed by atoms with Crippen LogP contribution in [0.3, 0.4) is 0 Å². The molecule has 0 heterocycles. The zero-order valence-corrected chi connectivity index (χ0v) is 12.0. The third kappa shape index (κ3) is 3.41. The van der Waals surface area contributed by atoms with E-state index in [1.165, 1.54) is 32.1 Å². The molecule has 1 aromatic carbocycles. The summed E-state index contributed by atoms with van der Waals surface area (Å²) >= 11 is 5.96. The molecule has 1 amide bonds. The van der Waals surface area contributed by atoms with E-state index in [4.69, 9.17) is 17.3 Å². The van der Waals surface area contributed by atoms with Crippen LogP contribution < -0.4 is 11.1 Å². The standard InChI is InChI=1S/C15H21ClN2O/c1-2-10-5-3-4-6-14(10)18-11-7-8-13(16)12(9-11)15(17)19/h7-10,14,18H,2-6H2,1H3,(H2,17,19). The fraction of sp³-hybridized carbons (Fsp3) is 0.533. The normalized spacial score (nSPS) is 23.1. The molecule has 1 aromatic rings. The first-order valence-electron chi connectivity index (χ1n) is 6.97. The maximum atomic E-state index is 11.3. The van der Waals surface area contributed by atoms with E-state index in [1.807, 2.05) is 6.07 Å². The summed E-state index contributed by atoms with van der Waals surface area (Å²) in [5, 5.41) is 3.95. The van der Waals surface area contributed by atoms with Crippen molar-refractivity contribution in [1.82, 2.24) is 0 Å². The Morgan fingerprint density at radius 3 is 2.84 bits per heavy atom. The Morgan fingerprint density at radius 1 is 1.42 bits per heavy atom. The van der Waals surface area contributed by atoms with Gasteiger partial charge in [-0.15, -0.1) is 0 Å². The smallest absolute Gasteiger partial charge is 0.250 e. The van der Waals surface area contributed by atoms with Gasteiger partial charge in [0.05, 0.1) is 10.6 Å². The minimum Gasteiger partial charge on any atom is -0.382 e.